The monoisotopic (exact) mass is 271 g/mol. The molecule has 1 aromatic carbocycles. The van der Waals surface area contributed by atoms with Crippen LogP contribution in [0.2, 0.25) is 0 Å². The third-order valence-electron chi connectivity index (χ3n) is 5.21. The van der Waals surface area contributed by atoms with E-state index in [-0.39, 0.29) is 5.54 Å². The fourth-order valence-corrected chi connectivity index (χ4v) is 4.04. The number of hydrogen-bond donors (Lipinski definition) is 1. The number of anilines is 1. The van der Waals surface area contributed by atoms with E-state index in [9.17, 15) is 0 Å². The van der Waals surface area contributed by atoms with Crippen LogP contribution in [0.5, 0.6) is 0 Å². The van der Waals surface area contributed by atoms with E-state index in [0.29, 0.717) is 17.3 Å². The largest absolute Gasteiger partial charge is 0.369 e. The molecular formula is C17H25N3. The van der Waals surface area contributed by atoms with Gasteiger partial charge in [-0.1, -0.05) is 39.0 Å². The summed E-state index contributed by atoms with van der Waals surface area (Å²) in [5, 5.41) is 0. The average Bonchev–Trinajstić information content (AvgIpc) is 2.74. The minimum Gasteiger partial charge on any atom is -0.369 e. The molecule has 1 aromatic rings. The fourth-order valence-electron chi connectivity index (χ4n) is 4.04. The van der Waals surface area contributed by atoms with Gasteiger partial charge in [0, 0.05) is 5.69 Å². The lowest BCUT2D eigenvalue weighted by atomic mass is 9.63. The van der Waals surface area contributed by atoms with Gasteiger partial charge in [-0.25, -0.2) is 0 Å². The van der Waals surface area contributed by atoms with Crippen molar-refractivity contribution in [1.82, 2.24) is 0 Å². The van der Waals surface area contributed by atoms with Crippen molar-refractivity contribution in [2.75, 3.05) is 11.4 Å². The van der Waals surface area contributed by atoms with Crippen LogP contribution in [0.4, 0.5) is 5.69 Å². The topological polar surface area (TPSA) is 41.6 Å². The molecule has 2 atom stereocenters. The second-order valence-corrected chi connectivity index (χ2v) is 7.22. The maximum Gasteiger partial charge on any atom is 0.196 e. The summed E-state index contributed by atoms with van der Waals surface area (Å²) in [6.45, 7) is 7.96. The van der Waals surface area contributed by atoms with Crippen LogP contribution < -0.4 is 10.6 Å². The molecule has 108 valence electrons. The van der Waals surface area contributed by atoms with E-state index in [1.54, 1.807) is 0 Å². The maximum atomic E-state index is 6.22. The highest BCUT2D eigenvalue weighted by molar-refractivity contribution is 5.98. The van der Waals surface area contributed by atoms with E-state index < -0.39 is 0 Å². The molecule has 0 aromatic heterocycles. The van der Waals surface area contributed by atoms with E-state index >= 15 is 0 Å². The van der Waals surface area contributed by atoms with Crippen molar-refractivity contribution in [2.24, 2.45) is 22.1 Å². The molecule has 3 rings (SSSR count). The standard InChI is InChI=1S/C17H25N3/c1-13-11-16(2,3)9-10-17(13)12-19-15(18)20(17)14-7-5-4-6-8-14/h4-8,13H,9-12H2,1-3H3,(H2,18,19). The molecule has 0 radical (unpaired) electrons. The summed E-state index contributed by atoms with van der Waals surface area (Å²) >= 11 is 0. The zero-order chi connectivity index (χ0) is 14.4. The maximum absolute atomic E-state index is 6.22. The van der Waals surface area contributed by atoms with Gasteiger partial charge in [-0.15, -0.1) is 0 Å². The molecule has 0 amide bonds. The third-order valence-corrected chi connectivity index (χ3v) is 5.21. The predicted octanol–water partition coefficient (Wildman–Crippen LogP) is 3.41. The molecule has 1 heterocycles. The van der Waals surface area contributed by atoms with Crippen molar-refractivity contribution in [3.05, 3.63) is 30.3 Å². The Morgan fingerprint density at radius 2 is 1.90 bits per heavy atom. The second-order valence-electron chi connectivity index (χ2n) is 7.22. The minimum absolute atomic E-state index is 0.0843. The molecule has 3 heteroatoms. The lowest BCUT2D eigenvalue weighted by Gasteiger charge is -2.51. The summed E-state index contributed by atoms with van der Waals surface area (Å²) in [5.74, 6) is 1.28. The summed E-state index contributed by atoms with van der Waals surface area (Å²) in [4.78, 5) is 6.89. The second kappa shape index (κ2) is 4.51. The quantitative estimate of drug-likeness (QED) is 0.850. The Morgan fingerprint density at radius 1 is 1.20 bits per heavy atom. The van der Waals surface area contributed by atoms with Crippen molar-refractivity contribution < 1.29 is 0 Å². The number of nitrogens with two attached hydrogens (primary N) is 1. The van der Waals surface area contributed by atoms with Crippen LogP contribution in [-0.2, 0) is 0 Å². The van der Waals surface area contributed by atoms with Gasteiger partial charge in [-0.3, -0.25) is 4.99 Å². The third kappa shape index (κ3) is 2.00. The van der Waals surface area contributed by atoms with E-state index in [4.69, 9.17) is 5.73 Å². The molecule has 1 saturated carbocycles. The molecule has 1 fully saturated rings. The van der Waals surface area contributed by atoms with E-state index in [2.05, 4.69) is 54.9 Å². The highest BCUT2D eigenvalue weighted by Crippen LogP contribution is 2.49. The number of guanidine groups is 1. The predicted molar refractivity (Wildman–Crippen MR) is 84.9 cm³/mol. The molecule has 3 nitrogen and oxygen atoms in total. The molecule has 1 aliphatic heterocycles. The van der Waals surface area contributed by atoms with Gasteiger partial charge in [0.2, 0.25) is 0 Å². The summed E-state index contributed by atoms with van der Waals surface area (Å²) in [7, 11) is 0. The van der Waals surface area contributed by atoms with Crippen LogP contribution in [0.1, 0.15) is 40.0 Å². The Labute approximate surface area is 121 Å². The van der Waals surface area contributed by atoms with E-state index in [1.807, 2.05) is 6.07 Å². The zero-order valence-corrected chi connectivity index (χ0v) is 12.8. The van der Waals surface area contributed by atoms with Crippen LogP contribution in [0.3, 0.4) is 0 Å². The molecule has 2 unspecified atom stereocenters. The number of para-hydroxylation sites is 1. The van der Waals surface area contributed by atoms with Crippen molar-refractivity contribution >= 4 is 11.6 Å². The summed E-state index contributed by atoms with van der Waals surface area (Å²) in [5.41, 5.74) is 7.92. The van der Waals surface area contributed by atoms with Crippen molar-refractivity contribution in [3.63, 3.8) is 0 Å². The van der Waals surface area contributed by atoms with Gasteiger partial charge in [0.05, 0.1) is 12.1 Å². The van der Waals surface area contributed by atoms with Gasteiger partial charge in [0.25, 0.3) is 0 Å². The Hall–Kier alpha value is -1.51. The van der Waals surface area contributed by atoms with Gasteiger partial charge in [0.1, 0.15) is 0 Å². The average molecular weight is 271 g/mol. The van der Waals surface area contributed by atoms with Gasteiger partial charge < -0.3 is 10.6 Å². The normalized spacial score (nSPS) is 32.5. The molecule has 2 aliphatic rings. The van der Waals surface area contributed by atoms with Gasteiger partial charge in [-0.05, 0) is 42.7 Å². The molecule has 20 heavy (non-hydrogen) atoms. The first kappa shape index (κ1) is 13.5. The number of aliphatic imine (C=N–C) groups is 1. The first-order chi connectivity index (χ1) is 9.45. The van der Waals surface area contributed by atoms with E-state index in [0.717, 1.165) is 6.54 Å². The number of hydrogen-bond acceptors (Lipinski definition) is 3. The molecule has 0 bridgehead atoms. The van der Waals surface area contributed by atoms with Crippen LogP contribution in [-0.4, -0.2) is 18.0 Å². The Balaban J connectivity index is 1.97. The molecule has 1 spiro atoms. The van der Waals surface area contributed by atoms with Crippen LogP contribution in [0.25, 0.3) is 0 Å². The van der Waals surface area contributed by atoms with Crippen molar-refractivity contribution in [3.8, 4) is 0 Å². The summed E-state index contributed by atoms with van der Waals surface area (Å²) in [6, 6.07) is 10.5. The number of nitrogens with zero attached hydrogens (tertiary/aromatic N) is 2. The van der Waals surface area contributed by atoms with Crippen LogP contribution in [0, 0.1) is 11.3 Å². The number of benzene rings is 1. The van der Waals surface area contributed by atoms with Crippen LogP contribution >= 0.6 is 0 Å². The molecule has 2 N–H and O–H groups in total. The molecular weight excluding hydrogens is 246 g/mol. The smallest absolute Gasteiger partial charge is 0.196 e. The summed E-state index contributed by atoms with van der Waals surface area (Å²) in [6.07, 6.45) is 3.64. The lowest BCUT2D eigenvalue weighted by molar-refractivity contribution is 0.114. The van der Waals surface area contributed by atoms with Gasteiger partial charge >= 0.3 is 0 Å². The SMILES string of the molecule is CC1CC(C)(C)CCC12CN=C(N)N2c1ccccc1. The van der Waals surface area contributed by atoms with Gasteiger partial charge in [-0.2, -0.15) is 0 Å². The Morgan fingerprint density at radius 3 is 2.55 bits per heavy atom. The van der Waals surface area contributed by atoms with Crippen molar-refractivity contribution in [1.29, 1.82) is 0 Å². The van der Waals surface area contributed by atoms with E-state index in [1.165, 1.54) is 24.9 Å². The highest BCUT2D eigenvalue weighted by atomic mass is 15.4. The van der Waals surface area contributed by atoms with Gasteiger partial charge in [0.15, 0.2) is 5.96 Å². The first-order valence-electron chi connectivity index (χ1n) is 7.60. The zero-order valence-electron chi connectivity index (χ0n) is 12.8. The summed E-state index contributed by atoms with van der Waals surface area (Å²) < 4.78 is 0. The highest BCUT2D eigenvalue weighted by Gasteiger charge is 2.51. The molecule has 1 aliphatic carbocycles. The first-order valence-corrected chi connectivity index (χ1v) is 7.60. The van der Waals surface area contributed by atoms with Crippen molar-refractivity contribution in [2.45, 2.75) is 45.6 Å². The van der Waals surface area contributed by atoms with Crippen LogP contribution in [0.15, 0.2) is 35.3 Å². The number of rotatable bonds is 1. The minimum atomic E-state index is 0.0843. The lowest BCUT2D eigenvalue weighted by Crippen LogP contribution is -2.59. The Kier molecular flexibility index (Phi) is 3.03. The Bertz CT molecular complexity index is 520. The fraction of sp³-hybridized carbons (Fsp3) is 0.588. The molecule has 0 saturated heterocycles.